The molecule has 6 nitrogen and oxygen atoms in total. The fourth-order valence-corrected chi connectivity index (χ4v) is 2.66. The first-order valence-corrected chi connectivity index (χ1v) is 7.73. The quantitative estimate of drug-likeness (QED) is 0.766. The normalized spacial score (nSPS) is 10.6. The van der Waals surface area contributed by atoms with Crippen molar-refractivity contribution in [3.8, 4) is 11.5 Å². The number of aromatic amines is 1. The van der Waals surface area contributed by atoms with Crippen LogP contribution in [0.25, 0.3) is 10.9 Å². The number of para-hydroxylation sites is 1. The highest BCUT2D eigenvalue weighted by Gasteiger charge is 2.18. The predicted octanol–water partition coefficient (Wildman–Crippen LogP) is 2.51. The first-order chi connectivity index (χ1) is 12.0. The average Bonchev–Trinajstić information content (AvgIpc) is 2.63. The van der Waals surface area contributed by atoms with Gasteiger partial charge in [-0.2, -0.15) is 0 Å². The molecular formula is C19H18N2O4. The second kappa shape index (κ2) is 6.68. The van der Waals surface area contributed by atoms with Crippen LogP contribution in [0.5, 0.6) is 11.5 Å². The van der Waals surface area contributed by atoms with Gasteiger partial charge in [0.05, 0.1) is 12.6 Å². The van der Waals surface area contributed by atoms with E-state index in [4.69, 9.17) is 4.74 Å². The Labute approximate surface area is 144 Å². The number of aromatic hydroxyl groups is 1. The minimum absolute atomic E-state index is 0.0515. The summed E-state index contributed by atoms with van der Waals surface area (Å²) >= 11 is 0. The first-order valence-electron chi connectivity index (χ1n) is 7.73. The number of methoxy groups -OCH3 is 1. The lowest BCUT2D eigenvalue weighted by Crippen LogP contribution is -2.30. The summed E-state index contributed by atoms with van der Waals surface area (Å²) in [6.07, 6.45) is 1.41. The Balaban J connectivity index is 1.93. The second-order valence-electron chi connectivity index (χ2n) is 5.73. The number of benzene rings is 2. The van der Waals surface area contributed by atoms with E-state index in [1.807, 2.05) is 0 Å². The third-order valence-corrected chi connectivity index (χ3v) is 4.06. The van der Waals surface area contributed by atoms with Gasteiger partial charge in [-0.1, -0.05) is 18.2 Å². The van der Waals surface area contributed by atoms with E-state index in [1.165, 1.54) is 11.1 Å². The van der Waals surface area contributed by atoms with E-state index in [-0.39, 0.29) is 23.3 Å². The maximum atomic E-state index is 12.6. The standard InChI is InChI=1S/C19H18N2O4/c1-21(11-12-5-3-4-6-17(12)22)19(24)15-10-20-16-9-13(25-2)7-8-14(16)18(15)23/h3-10,22H,11H2,1-2H3,(H,20,23). The molecule has 3 aromatic rings. The number of rotatable bonds is 4. The molecule has 0 fully saturated rings. The molecule has 0 unspecified atom stereocenters. The number of carbonyl (C=O) groups is 1. The molecule has 0 spiro atoms. The molecule has 25 heavy (non-hydrogen) atoms. The highest BCUT2D eigenvalue weighted by atomic mass is 16.5. The van der Waals surface area contributed by atoms with Crippen molar-refractivity contribution in [3.63, 3.8) is 0 Å². The monoisotopic (exact) mass is 338 g/mol. The Hall–Kier alpha value is -3.28. The minimum Gasteiger partial charge on any atom is -0.508 e. The number of H-pyrrole nitrogens is 1. The number of phenols is 1. The summed E-state index contributed by atoms with van der Waals surface area (Å²) in [5.74, 6) is 0.322. The molecule has 6 heteroatoms. The van der Waals surface area contributed by atoms with Crippen molar-refractivity contribution in [3.05, 3.63) is 70.0 Å². The Bertz CT molecular complexity index is 994. The number of fused-ring (bicyclic) bond motifs is 1. The van der Waals surface area contributed by atoms with Gasteiger partial charge in [0.25, 0.3) is 5.91 Å². The van der Waals surface area contributed by atoms with Crippen molar-refractivity contribution in [1.29, 1.82) is 0 Å². The lowest BCUT2D eigenvalue weighted by Gasteiger charge is -2.18. The zero-order valence-electron chi connectivity index (χ0n) is 13.9. The summed E-state index contributed by atoms with van der Waals surface area (Å²) in [4.78, 5) is 29.7. The fraction of sp³-hybridized carbons (Fsp3) is 0.158. The molecule has 128 valence electrons. The van der Waals surface area contributed by atoms with E-state index in [0.717, 1.165) is 0 Å². The number of carbonyl (C=O) groups excluding carboxylic acids is 1. The van der Waals surface area contributed by atoms with Crippen LogP contribution >= 0.6 is 0 Å². The van der Waals surface area contributed by atoms with Crippen molar-refractivity contribution in [2.75, 3.05) is 14.2 Å². The molecule has 1 heterocycles. The third kappa shape index (κ3) is 3.19. The molecular weight excluding hydrogens is 320 g/mol. The lowest BCUT2D eigenvalue weighted by atomic mass is 10.1. The fourth-order valence-electron chi connectivity index (χ4n) is 2.66. The molecule has 0 saturated carbocycles. The van der Waals surface area contributed by atoms with Gasteiger partial charge in [-0.05, 0) is 18.2 Å². The molecule has 0 saturated heterocycles. The molecule has 0 atom stereocenters. The van der Waals surface area contributed by atoms with Crippen LogP contribution < -0.4 is 10.2 Å². The van der Waals surface area contributed by atoms with Crippen LogP contribution in [-0.2, 0) is 6.54 Å². The highest BCUT2D eigenvalue weighted by Crippen LogP contribution is 2.19. The van der Waals surface area contributed by atoms with Gasteiger partial charge in [0.1, 0.15) is 17.1 Å². The molecule has 3 rings (SSSR count). The van der Waals surface area contributed by atoms with Gasteiger partial charge in [-0.15, -0.1) is 0 Å². The maximum Gasteiger partial charge on any atom is 0.259 e. The van der Waals surface area contributed by atoms with Gasteiger partial charge in [-0.3, -0.25) is 9.59 Å². The van der Waals surface area contributed by atoms with Gasteiger partial charge in [0, 0.05) is 36.8 Å². The zero-order chi connectivity index (χ0) is 18.0. The molecule has 0 radical (unpaired) electrons. The van der Waals surface area contributed by atoms with Gasteiger partial charge in [0.15, 0.2) is 0 Å². The van der Waals surface area contributed by atoms with E-state index in [0.29, 0.717) is 22.2 Å². The Morgan fingerprint density at radius 3 is 2.72 bits per heavy atom. The van der Waals surface area contributed by atoms with E-state index in [9.17, 15) is 14.7 Å². The smallest absolute Gasteiger partial charge is 0.259 e. The predicted molar refractivity (Wildman–Crippen MR) is 95.0 cm³/mol. The summed E-state index contributed by atoms with van der Waals surface area (Å²) in [6, 6.07) is 11.8. The number of hydrogen-bond acceptors (Lipinski definition) is 4. The Morgan fingerprint density at radius 2 is 2.00 bits per heavy atom. The van der Waals surface area contributed by atoms with Crippen molar-refractivity contribution in [1.82, 2.24) is 9.88 Å². The largest absolute Gasteiger partial charge is 0.508 e. The molecule has 0 bridgehead atoms. The molecule has 0 aliphatic carbocycles. The molecule has 0 aliphatic rings. The van der Waals surface area contributed by atoms with Crippen molar-refractivity contribution < 1.29 is 14.6 Å². The van der Waals surface area contributed by atoms with Crippen LogP contribution in [0.15, 0.2) is 53.5 Å². The zero-order valence-corrected chi connectivity index (χ0v) is 13.9. The van der Waals surface area contributed by atoms with Gasteiger partial charge < -0.3 is 19.7 Å². The molecule has 2 aromatic carbocycles. The number of aromatic nitrogens is 1. The summed E-state index contributed by atoms with van der Waals surface area (Å²) in [7, 11) is 3.14. The van der Waals surface area contributed by atoms with Crippen LogP contribution in [0, 0.1) is 0 Å². The van der Waals surface area contributed by atoms with E-state index < -0.39 is 5.91 Å². The number of phenolic OH excluding ortho intramolecular Hbond substituents is 1. The number of pyridine rings is 1. The van der Waals surface area contributed by atoms with Gasteiger partial charge in [-0.25, -0.2) is 0 Å². The van der Waals surface area contributed by atoms with Crippen molar-refractivity contribution >= 4 is 16.8 Å². The topological polar surface area (TPSA) is 82.6 Å². The van der Waals surface area contributed by atoms with E-state index in [1.54, 1.807) is 56.6 Å². The van der Waals surface area contributed by atoms with Crippen LogP contribution in [0.3, 0.4) is 0 Å². The van der Waals surface area contributed by atoms with Crippen molar-refractivity contribution in [2.45, 2.75) is 6.54 Å². The van der Waals surface area contributed by atoms with Crippen LogP contribution in [0.2, 0.25) is 0 Å². The van der Waals surface area contributed by atoms with Crippen LogP contribution in [0.1, 0.15) is 15.9 Å². The van der Waals surface area contributed by atoms with Gasteiger partial charge >= 0.3 is 0 Å². The average molecular weight is 338 g/mol. The number of ether oxygens (including phenoxy) is 1. The number of amides is 1. The Kier molecular flexibility index (Phi) is 4.43. The van der Waals surface area contributed by atoms with Crippen LogP contribution in [0.4, 0.5) is 0 Å². The molecule has 0 aliphatic heterocycles. The number of nitrogens with zero attached hydrogens (tertiary/aromatic N) is 1. The second-order valence-corrected chi connectivity index (χ2v) is 5.73. The third-order valence-electron chi connectivity index (χ3n) is 4.06. The van der Waals surface area contributed by atoms with Crippen molar-refractivity contribution in [2.24, 2.45) is 0 Å². The number of nitrogens with one attached hydrogen (secondary N) is 1. The summed E-state index contributed by atoms with van der Waals surface area (Å²) in [5.41, 5.74) is 0.922. The molecule has 2 N–H and O–H groups in total. The highest BCUT2D eigenvalue weighted by molar-refractivity contribution is 5.97. The Morgan fingerprint density at radius 1 is 1.24 bits per heavy atom. The summed E-state index contributed by atoms with van der Waals surface area (Å²) in [5, 5.41) is 10.3. The SMILES string of the molecule is COc1ccc2c(=O)c(C(=O)N(C)Cc3ccccc3O)c[nH]c2c1. The van der Waals surface area contributed by atoms with Gasteiger partial charge in [0.2, 0.25) is 5.43 Å². The summed E-state index contributed by atoms with van der Waals surface area (Å²) in [6.45, 7) is 0.200. The van der Waals surface area contributed by atoms with E-state index >= 15 is 0 Å². The minimum atomic E-state index is -0.415. The first kappa shape index (κ1) is 16.6. The molecule has 1 aromatic heterocycles. The summed E-state index contributed by atoms with van der Waals surface area (Å²) < 4.78 is 5.13. The number of hydrogen-bond donors (Lipinski definition) is 2. The molecule has 1 amide bonds. The lowest BCUT2D eigenvalue weighted by molar-refractivity contribution is 0.0783. The van der Waals surface area contributed by atoms with E-state index in [2.05, 4.69) is 4.98 Å². The maximum absolute atomic E-state index is 12.6. The van der Waals surface area contributed by atoms with Crippen LogP contribution in [-0.4, -0.2) is 35.1 Å².